The van der Waals surface area contributed by atoms with Crippen molar-refractivity contribution in [2.24, 2.45) is 0 Å². The fraction of sp³-hybridized carbons (Fsp3) is 0.385. The van der Waals surface area contributed by atoms with E-state index in [2.05, 4.69) is 4.74 Å². The van der Waals surface area contributed by atoms with E-state index in [0.29, 0.717) is 0 Å². The molecule has 0 aliphatic rings. The molecule has 0 heterocycles. The van der Waals surface area contributed by atoms with Crippen molar-refractivity contribution in [3.63, 3.8) is 0 Å². The third-order valence-electron chi connectivity index (χ3n) is 2.73. The average molecular weight is 420 g/mol. The number of hydrogen-bond acceptors (Lipinski definition) is 6. The first-order valence-corrected chi connectivity index (χ1v) is 8.29. The van der Waals surface area contributed by atoms with Crippen molar-refractivity contribution < 1.29 is 49.9 Å². The molecule has 0 radical (unpaired) electrons. The number of benzene rings is 1. The third kappa shape index (κ3) is 4.63. The summed E-state index contributed by atoms with van der Waals surface area (Å²) in [6.07, 6.45) is -1.87. The van der Waals surface area contributed by atoms with Gasteiger partial charge in [-0.3, -0.25) is 10.0 Å². The van der Waals surface area contributed by atoms with Crippen molar-refractivity contribution in [2.45, 2.75) is 31.3 Å². The Bertz CT molecular complexity index is 855. The van der Waals surface area contributed by atoms with Crippen LogP contribution in [0, 0.1) is 29.1 Å². The van der Waals surface area contributed by atoms with Gasteiger partial charge in [-0.2, -0.15) is 4.31 Å². The molecule has 27 heavy (non-hydrogen) atoms. The minimum absolute atomic E-state index is 0.595. The van der Waals surface area contributed by atoms with Crippen LogP contribution in [0.25, 0.3) is 0 Å². The lowest BCUT2D eigenvalue weighted by Crippen LogP contribution is -2.46. The number of nitrogens with zero attached hydrogens (tertiary/aromatic N) is 1. The molecule has 1 rings (SSSR count). The maximum Gasteiger partial charge on any atom is 0.424 e. The van der Waals surface area contributed by atoms with Crippen LogP contribution >= 0.6 is 0 Å². The van der Waals surface area contributed by atoms with Crippen LogP contribution in [0.15, 0.2) is 4.90 Å². The van der Waals surface area contributed by atoms with Crippen molar-refractivity contribution in [3.05, 3.63) is 29.1 Å². The van der Waals surface area contributed by atoms with Crippen molar-refractivity contribution in [1.82, 2.24) is 9.79 Å². The first-order valence-electron chi connectivity index (χ1n) is 6.85. The maximum absolute atomic E-state index is 13.9. The minimum Gasteiger partial charge on any atom is -0.443 e. The molecule has 0 saturated carbocycles. The predicted molar refractivity (Wildman–Crippen MR) is 76.3 cm³/mol. The fourth-order valence-electron chi connectivity index (χ4n) is 1.65. The molecular formula is C13H13F5N2O6S. The molecule has 0 aromatic heterocycles. The van der Waals surface area contributed by atoms with E-state index in [1.165, 1.54) is 20.8 Å². The first-order chi connectivity index (χ1) is 12.1. The van der Waals surface area contributed by atoms with Crippen LogP contribution in [0.5, 0.6) is 0 Å². The fourth-order valence-corrected chi connectivity index (χ4v) is 3.02. The van der Waals surface area contributed by atoms with Gasteiger partial charge in [0.2, 0.25) is 5.82 Å². The lowest BCUT2D eigenvalue weighted by Gasteiger charge is -2.26. The zero-order chi connectivity index (χ0) is 21.3. The van der Waals surface area contributed by atoms with E-state index < -0.39 is 72.5 Å². The van der Waals surface area contributed by atoms with Gasteiger partial charge in [-0.05, 0) is 20.8 Å². The molecule has 0 aliphatic carbocycles. The average Bonchev–Trinajstić information content (AvgIpc) is 2.53. The highest BCUT2D eigenvalue weighted by Crippen LogP contribution is 2.29. The van der Waals surface area contributed by atoms with Gasteiger partial charge in [-0.25, -0.2) is 40.6 Å². The van der Waals surface area contributed by atoms with Crippen LogP contribution in [0.4, 0.5) is 26.7 Å². The summed E-state index contributed by atoms with van der Waals surface area (Å²) in [6, 6.07) is 0. The smallest absolute Gasteiger partial charge is 0.424 e. The van der Waals surface area contributed by atoms with E-state index >= 15 is 0 Å². The molecule has 1 aromatic carbocycles. The zero-order valence-corrected chi connectivity index (χ0v) is 14.8. The Morgan fingerprint density at radius 3 is 1.78 bits per heavy atom. The second kappa shape index (κ2) is 7.64. The topological polar surface area (TPSA) is 113 Å². The highest BCUT2D eigenvalue weighted by atomic mass is 32.2. The zero-order valence-electron chi connectivity index (χ0n) is 13.9. The Morgan fingerprint density at radius 2 is 1.41 bits per heavy atom. The van der Waals surface area contributed by atoms with E-state index in [1.807, 2.05) is 0 Å². The summed E-state index contributed by atoms with van der Waals surface area (Å²) in [5.74, 6) is -14.8. The monoisotopic (exact) mass is 420 g/mol. The Balaban J connectivity index is 3.67. The van der Waals surface area contributed by atoms with E-state index in [4.69, 9.17) is 5.21 Å². The quantitative estimate of drug-likeness (QED) is 0.253. The van der Waals surface area contributed by atoms with Gasteiger partial charge < -0.3 is 4.74 Å². The second-order valence-corrected chi connectivity index (χ2v) is 7.73. The predicted octanol–water partition coefficient (Wildman–Crippen LogP) is 1.81. The van der Waals surface area contributed by atoms with Crippen LogP contribution in [-0.4, -0.2) is 42.1 Å². The Kier molecular flexibility index (Phi) is 6.38. The molecule has 0 saturated heterocycles. The molecular weight excluding hydrogens is 407 g/mol. The molecule has 152 valence electrons. The molecule has 1 aromatic rings. The number of hydroxylamine groups is 1. The molecule has 0 aliphatic heterocycles. The molecule has 2 N–H and O–H groups in total. The molecule has 8 nitrogen and oxygen atoms in total. The van der Waals surface area contributed by atoms with Crippen molar-refractivity contribution >= 4 is 22.0 Å². The summed E-state index contributed by atoms with van der Waals surface area (Å²) in [4.78, 5) is 20.9. The second-order valence-electron chi connectivity index (χ2n) is 5.93. The van der Waals surface area contributed by atoms with Gasteiger partial charge in [-0.1, -0.05) is 0 Å². The van der Waals surface area contributed by atoms with Gasteiger partial charge in [0.1, 0.15) is 12.1 Å². The number of nitrogens with one attached hydrogen (secondary N) is 1. The van der Waals surface area contributed by atoms with E-state index in [-0.39, 0.29) is 0 Å². The van der Waals surface area contributed by atoms with Crippen LogP contribution in [0.1, 0.15) is 20.8 Å². The molecule has 0 unspecified atom stereocenters. The van der Waals surface area contributed by atoms with Crippen molar-refractivity contribution in [1.29, 1.82) is 0 Å². The lowest BCUT2D eigenvalue weighted by atomic mass is 10.2. The highest BCUT2D eigenvalue weighted by Gasteiger charge is 2.41. The number of rotatable bonds is 4. The number of carbonyl (C=O) groups is 2. The van der Waals surface area contributed by atoms with Gasteiger partial charge in [0.15, 0.2) is 28.2 Å². The highest BCUT2D eigenvalue weighted by molar-refractivity contribution is 7.89. The van der Waals surface area contributed by atoms with Crippen LogP contribution in [-0.2, 0) is 19.6 Å². The number of ether oxygens (including phenoxy) is 1. The molecule has 0 bridgehead atoms. The number of carbonyl (C=O) groups excluding carboxylic acids is 2. The summed E-state index contributed by atoms with van der Waals surface area (Å²) in [7, 11) is -5.81. The van der Waals surface area contributed by atoms with Gasteiger partial charge in [0, 0.05) is 0 Å². The minimum atomic E-state index is -5.81. The molecule has 0 spiro atoms. The van der Waals surface area contributed by atoms with Crippen molar-refractivity contribution in [3.8, 4) is 0 Å². The lowest BCUT2D eigenvalue weighted by molar-refractivity contribution is -0.129. The largest absolute Gasteiger partial charge is 0.443 e. The molecule has 2 amide bonds. The van der Waals surface area contributed by atoms with Crippen LogP contribution < -0.4 is 5.48 Å². The number of sulfonamides is 1. The van der Waals surface area contributed by atoms with E-state index in [0.717, 1.165) is 5.48 Å². The first kappa shape index (κ1) is 22.6. The number of halogens is 5. The SMILES string of the molecule is CC(C)(C)OC(=O)N(CC(=O)NO)S(=O)(=O)c1c(F)c(F)c(F)c(F)c1F. The Labute approximate surface area is 149 Å². The van der Waals surface area contributed by atoms with E-state index in [9.17, 15) is 40.0 Å². The standard InChI is InChI=1S/C13H13F5N2O6S/c1-13(2,3)26-12(22)20(4-5(21)19-23)27(24,25)11-9(17)7(15)6(14)8(16)10(11)18/h23H,4H2,1-3H3,(H,19,21). The molecule has 0 atom stereocenters. The van der Waals surface area contributed by atoms with Gasteiger partial charge in [0.25, 0.3) is 15.9 Å². The van der Waals surface area contributed by atoms with Gasteiger partial charge in [0.05, 0.1) is 0 Å². The van der Waals surface area contributed by atoms with Gasteiger partial charge in [-0.15, -0.1) is 0 Å². The molecule has 0 fully saturated rings. The summed E-state index contributed by atoms with van der Waals surface area (Å²) in [5.41, 5.74) is -0.415. The van der Waals surface area contributed by atoms with Crippen molar-refractivity contribution in [2.75, 3.05) is 6.54 Å². The van der Waals surface area contributed by atoms with Gasteiger partial charge >= 0.3 is 6.09 Å². The summed E-state index contributed by atoms with van der Waals surface area (Å²) in [6.45, 7) is 2.22. The summed E-state index contributed by atoms with van der Waals surface area (Å²) < 4.78 is 96.3. The number of amides is 2. The van der Waals surface area contributed by atoms with Crippen LogP contribution in [0.2, 0.25) is 0 Å². The maximum atomic E-state index is 13.9. The summed E-state index contributed by atoms with van der Waals surface area (Å²) >= 11 is 0. The normalized spacial score (nSPS) is 11.9. The van der Waals surface area contributed by atoms with Crippen LogP contribution in [0.3, 0.4) is 0 Å². The third-order valence-corrected chi connectivity index (χ3v) is 4.46. The number of hydrogen-bond donors (Lipinski definition) is 2. The Morgan fingerprint density at radius 1 is 1.00 bits per heavy atom. The summed E-state index contributed by atoms with van der Waals surface area (Å²) in [5, 5.41) is 8.48. The molecule has 14 heteroatoms. The van der Waals surface area contributed by atoms with E-state index in [1.54, 1.807) is 0 Å². The Hall–Kier alpha value is -2.48.